The van der Waals surface area contributed by atoms with Crippen molar-refractivity contribution < 1.29 is 18.7 Å². The maximum atomic E-state index is 13.4. The van der Waals surface area contributed by atoms with Gasteiger partial charge in [0, 0.05) is 25.8 Å². The number of halogens is 2. The summed E-state index contributed by atoms with van der Waals surface area (Å²) in [6.45, 7) is 4.95. The molecule has 0 saturated carbocycles. The zero-order chi connectivity index (χ0) is 19.5. The van der Waals surface area contributed by atoms with E-state index in [-0.39, 0.29) is 28.3 Å². The van der Waals surface area contributed by atoms with E-state index in [1.165, 1.54) is 23.1 Å². The number of amidine groups is 1. The van der Waals surface area contributed by atoms with Gasteiger partial charge in [-0.15, -0.1) is 0 Å². The van der Waals surface area contributed by atoms with Crippen LogP contribution in [0.5, 0.6) is 0 Å². The minimum Gasteiger partial charge on any atom is -0.364 e. The molecule has 3 N–H and O–H groups in total. The lowest BCUT2D eigenvalue weighted by Gasteiger charge is -2.19. The van der Waals surface area contributed by atoms with E-state index in [0.717, 1.165) is 0 Å². The lowest BCUT2D eigenvalue weighted by Crippen LogP contribution is -2.29. The Morgan fingerprint density at radius 1 is 1.50 bits per heavy atom. The Labute approximate surface area is 158 Å². The van der Waals surface area contributed by atoms with Crippen molar-refractivity contribution in [2.45, 2.75) is 13.8 Å². The number of hydrogen-bond acceptors (Lipinski definition) is 8. The van der Waals surface area contributed by atoms with Crippen molar-refractivity contribution in [3.63, 3.8) is 0 Å². The minimum atomic E-state index is -0.414. The molecule has 1 aromatic carbocycles. The number of hydrogen-bond donors (Lipinski definition) is 2. The van der Waals surface area contributed by atoms with Gasteiger partial charge in [0.15, 0.2) is 5.69 Å². The fourth-order valence-electron chi connectivity index (χ4n) is 1.79. The van der Waals surface area contributed by atoms with Crippen LogP contribution in [-0.4, -0.2) is 42.8 Å². The standard InChI is InChI=1S/C13H14BrFN6O3.C2H6/c1-21(8-2-3-10(15)9(14)6-8)13(20-23-7-22)11-12(17-5-4-16)19-24-18-11;1-2/h2-3,6-7H,4-5,16H2,1H3,(H,17,19);1-2H3/b20-13-;. The number of carbonyl (C=O) groups is 1. The van der Waals surface area contributed by atoms with Gasteiger partial charge in [-0.2, -0.15) is 0 Å². The molecule has 0 fully saturated rings. The summed E-state index contributed by atoms with van der Waals surface area (Å²) in [4.78, 5) is 16.5. The van der Waals surface area contributed by atoms with E-state index in [2.05, 4.69) is 41.6 Å². The molecule has 11 heteroatoms. The molecule has 2 aromatic rings. The van der Waals surface area contributed by atoms with Gasteiger partial charge in [0.1, 0.15) is 5.82 Å². The van der Waals surface area contributed by atoms with Crippen LogP contribution < -0.4 is 16.0 Å². The molecule has 26 heavy (non-hydrogen) atoms. The van der Waals surface area contributed by atoms with Crippen molar-refractivity contribution in [2.24, 2.45) is 10.9 Å². The maximum Gasteiger partial charge on any atom is 0.323 e. The number of oxime groups is 1. The normalized spacial score (nSPS) is 10.6. The zero-order valence-corrected chi connectivity index (χ0v) is 16.2. The van der Waals surface area contributed by atoms with Crippen molar-refractivity contribution in [2.75, 3.05) is 30.4 Å². The second-order valence-electron chi connectivity index (χ2n) is 4.45. The van der Waals surface area contributed by atoms with Crippen LogP contribution in [0, 0.1) is 5.82 Å². The van der Waals surface area contributed by atoms with Crippen LogP contribution in [0.1, 0.15) is 19.5 Å². The lowest BCUT2D eigenvalue weighted by atomic mass is 10.2. The molecule has 1 heterocycles. The highest BCUT2D eigenvalue weighted by Crippen LogP contribution is 2.24. The van der Waals surface area contributed by atoms with Crippen molar-refractivity contribution in [3.05, 3.63) is 34.2 Å². The molecule has 1 aromatic heterocycles. The van der Waals surface area contributed by atoms with Crippen LogP contribution in [-0.2, 0) is 9.63 Å². The third-order valence-corrected chi connectivity index (χ3v) is 3.54. The fourth-order valence-corrected chi connectivity index (χ4v) is 2.16. The molecular formula is C15H20BrFN6O3. The number of nitrogens with two attached hydrogens (primary N) is 1. The van der Waals surface area contributed by atoms with Crippen LogP contribution in [0.25, 0.3) is 0 Å². The average Bonchev–Trinajstić information content (AvgIpc) is 3.12. The number of anilines is 2. The second-order valence-corrected chi connectivity index (χ2v) is 5.31. The van der Waals surface area contributed by atoms with Crippen molar-refractivity contribution in [1.29, 1.82) is 0 Å². The van der Waals surface area contributed by atoms with Gasteiger partial charge >= 0.3 is 6.47 Å². The summed E-state index contributed by atoms with van der Waals surface area (Å²) in [7, 11) is 1.63. The molecule has 9 nitrogen and oxygen atoms in total. The predicted octanol–water partition coefficient (Wildman–Crippen LogP) is 2.34. The monoisotopic (exact) mass is 430 g/mol. The number of rotatable bonds is 7. The molecule has 0 aliphatic rings. The first-order valence-corrected chi connectivity index (χ1v) is 8.51. The zero-order valence-electron chi connectivity index (χ0n) is 14.6. The van der Waals surface area contributed by atoms with Gasteiger partial charge in [-0.25, -0.2) is 9.02 Å². The van der Waals surface area contributed by atoms with Gasteiger partial charge < -0.3 is 20.8 Å². The highest BCUT2D eigenvalue weighted by Gasteiger charge is 2.22. The van der Waals surface area contributed by atoms with E-state index in [1.807, 2.05) is 13.8 Å². The van der Waals surface area contributed by atoms with Crippen molar-refractivity contribution >= 4 is 39.7 Å². The molecule has 0 aliphatic heterocycles. The quantitative estimate of drug-likeness (QED) is 0.226. The summed E-state index contributed by atoms with van der Waals surface area (Å²) in [5, 5.41) is 14.1. The maximum absolute atomic E-state index is 13.4. The molecule has 0 saturated heterocycles. The molecule has 0 amide bonds. The Morgan fingerprint density at radius 3 is 2.85 bits per heavy atom. The first kappa shape index (κ1) is 21.5. The van der Waals surface area contributed by atoms with E-state index in [9.17, 15) is 9.18 Å². The molecule has 142 valence electrons. The van der Waals surface area contributed by atoms with E-state index < -0.39 is 5.82 Å². The number of carbonyl (C=O) groups excluding carboxylic acids is 1. The van der Waals surface area contributed by atoms with E-state index >= 15 is 0 Å². The van der Waals surface area contributed by atoms with Crippen LogP contribution >= 0.6 is 15.9 Å². The Kier molecular flexibility index (Phi) is 9.23. The lowest BCUT2D eigenvalue weighted by molar-refractivity contribution is -0.128. The highest BCUT2D eigenvalue weighted by atomic mass is 79.9. The van der Waals surface area contributed by atoms with Gasteiger partial charge in [0.25, 0.3) is 0 Å². The summed E-state index contributed by atoms with van der Waals surface area (Å²) >= 11 is 3.11. The largest absolute Gasteiger partial charge is 0.364 e. The van der Waals surface area contributed by atoms with E-state index in [0.29, 0.717) is 18.8 Å². The van der Waals surface area contributed by atoms with Gasteiger partial charge in [0.05, 0.1) is 4.47 Å². The van der Waals surface area contributed by atoms with Gasteiger partial charge in [0.2, 0.25) is 11.7 Å². The Hall–Kier alpha value is -2.53. The minimum absolute atomic E-state index is 0.126. The molecule has 0 unspecified atom stereocenters. The molecule has 0 atom stereocenters. The van der Waals surface area contributed by atoms with E-state index in [4.69, 9.17) is 10.4 Å². The first-order valence-electron chi connectivity index (χ1n) is 7.71. The average molecular weight is 431 g/mol. The molecule has 0 spiro atoms. The highest BCUT2D eigenvalue weighted by molar-refractivity contribution is 9.10. The van der Waals surface area contributed by atoms with Crippen LogP contribution in [0.3, 0.4) is 0 Å². The van der Waals surface area contributed by atoms with Gasteiger partial charge in [-0.1, -0.05) is 19.0 Å². The summed E-state index contributed by atoms with van der Waals surface area (Å²) in [6.07, 6.45) is 0. The Bertz CT molecular complexity index is 740. The smallest absolute Gasteiger partial charge is 0.323 e. The topological polar surface area (TPSA) is 119 Å². The molecule has 0 bridgehead atoms. The number of benzene rings is 1. The first-order chi connectivity index (χ1) is 12.6. The Balaban J connectivity index is 0.00000163. The van der Waals surface area contributed by atoms with Crippen LogP contribution in [0.4, 0.5) is 15.9 Å². The summed E-state index contributed by atoms with van der Waals surface area (Å²) in [5.41, 5.74) is 6.20. The molecule has 0 radical (unpaired) electrons. The molecular weight excluding hydrogens is 411 g/mol. The molecule has 0 aliphatic carbocycles. The Morgan fingerprint density at radius 2 is 2.23 bits per heavy atom. The third kappa shape index (κ3) is 5.49. The summed E-state index contributed by atoms with van der Waals surface area (Å²) < 4.78 is 18.4. The second kappa shape index (κ2) is 11.2. The molecule has 2 rings (SSSR count). The van der Waals surface area contributed by atoms with Crippen molar-refractivity contribution in [1.82, 2.24) is 10.3 Å². The summed E-state index contributed by atoms with van der Waals surface area (Å²) in [5.74, 6) is -0.00806. The third-order valence-electron chi connectivity index (χ3n) is 2.93. The predicted molar refractivity (Wildman–Crippen MR) is 99.4 cm³/mol. The summed E-state index contributed by atoms with van der Waals surface area (Å²) in [6, 6.07) is 4.34. The van der Waals surface area contributed by atoms with Crippen LogP contribution in [0.2, 0.25) is 0 Å². The number of aromatic nitrogens is 2. The van der Waals surface area contributed by atoms with Gasteiger partial charge in [-0.3, -0.25) is 4.79 Å². The van der Waals surface area contributed by atoms with Gasteiger partial charge in [-0.05, 0) is 44.4 Å². The SMILES string of the molecule is CC.CN(/C(=N\OC=O)c1nonc1NCCN)c1ccc(F)c(Br)c1. The fraction of sp³-hybridized carbons (Fsp3) is 0.333. The van der Waals surface area contributed by atoms with Crippen LogP contribution in [0.15, 0.2) is 32.5 Å². The van der Waals surface area contributed by atoms with Crippen molar-refractivity contribution in [3.8, 4) is 0 Å². The van der Waals surface area contributed by atoms with E-state index in [1.54, 1.807) is 7.05 Å². The number of nitrogens with one attached hydrogen (secondary N) is 1. The number of nitrogens with zero attached hydrogens (tertiary/aromatic N) is 4.